The number of aliphatic hydroxyl groups excluding tert-OH is 3. The van der Waals surface area contributed by atoms with Crippen LogP contribution in [-0.2, 0) is 6.54 Å². The molecule has 2 aromatic rings. The number of nitrogens with two attached hydrogens (primary N) is 1. The van der Waals surface area contributed by atoms with Gasteiger partial charge in [0.25, 0.3) is 5.91 Å². The maximum absolute atomic E-state index is 13.0. The molecule has 37 heavy (non-hydrogen) atoms. The van der Waals surface area contributed by atoms with Crippen molar-refractivity contribution in [3.63, 3.8) is 0 Å². The van der Waals surface area contributed by atoms with Gasteiger partial charge in [-0.25, -0.2) is 4.98 Å². The number of hydrogen-bond donors (Lipinski definition) is 5. The number of hydrogen-bond acceptors (Lipinski definition) is 10. The van der Waals surface area contributed by atoms with Crippen molar-refractivity contribution in [3.05, 3.63) is 52.8 Å². The standard InChI is InChI=1S/C26H37N7O4/c1-2-3-9-28-23-22-21(29-26(27)30-23)8-10-33(25(22)37)15-18-4-6-19(7-5-18)24(36)32-13-11-31(12-14-32)16-20(35)17-34/h4-8,10,20,25,34-35,37H,2-3,9,11-17H2,1H3,(H3,27,28,29,30). The summed E-state index contributed by atoms with van der Waals surface area (Å²) in [5.41, 5.74) is 8.63. The summed E-state index contributed by atoms with van der Waals surface area (Å²) in [5, 5.41) is 33.1. The van der Waals surface area contributed by atoms with E-state index in [-0.39, 0.29) is 18.5 Å². The third kappa shape index (κ3) is 6.55. The predicted molar refractivity (Wildman–Crippen MR) is 141 cm³/mol. The Kier molecular flexibility index (Phi) is 8.93. The fourth-order valence-electron chi connectivity index (χ4n) is 4.59. The highest BCUT2D eigenvalue weighted by Gasteiger charge is 2.27. The molecule has 0 spiro atoms. The van der Waals surface area contributed by atoms with Crippen LogP contribution in [0.15, 0.2) is 30.5 Å². The van der Waals surface area contributed by atoms with E-state index in [2.05, 4.69) is 22.2 Å². The predicted octanol–water partition coefficient (Wildman–Crippen LogP) is 0.859. The van der Waals surface area contributed by atoms with Gasteiger partial charge in [0, 0.05) is 57.6 Å². The second-order valence-corrected chi connectivity index (χ2v) is 9.50. The number of aliphatic hydroxyl groups is 3. The van der Waals surface area contributed by atoms with Crippen molar-refractivity contribution in [2.24, 2.45) is 0 Å². The Morgan fingerprint density at radius 1 is 1.19 bits per heavy atom. The highest BCUT2D eigenvalue weighted by molar-refractivity contribution is 5.94. The number of carbonyl (C=O) groups excluding carboxylic acids is 1. The van der Waals surface area contributed by atoms with Crippen LogP contribution in [0.3, 0.4) is 0 Å². The molecule has 4 rings (SSSR count). The number of amides is 1. The summed E-state index contributed by atoms with van der Waals surface area (Å²) in [6, 6.07) is 7.43. The molecule has 11 nitrogen and oxygen atoms in total. The Labute approximate surface area is 217 Å². The van der Waals surface area contributed by atoms with Crippen molar-refractivity contribution in [3.8, 4) is 0 Å². The number of nitrogens with zero attached hydrogens (tertiary/aromatic N) is 5. The summed E-state index contributed by atoms with van der Waals surface area (Å²) < 4.78 is 0. The maximum atomic E-state index is 13.0. The van der Waals surface area contributed by atoms with E-state index in [1.807, 2.05) is 40.1 Å². The zero-order valence-corrected chi connectivity index (χ0v) is 21.3. The number of benzene rings is 1. The van der Waals surface area contributed by atoms with Gasteiger partial charge in [0.1, 0.15) is 5.82 Å². The van der Waals surface area contributed by atoms with E-state index in [1.54, 1.807) is 11.1 Å². The number of fused-ring (bicyclic) bond motifs is 1. The monoisotopic (exact) mass is 511 g/mol. The first-order valence-corrected chi connectivity index (χ1v) is 12.8. The molecule has 0 bridgehead atoms. The van der Waals surface area contributed by atoms with Gasteiger partial charge in [0.05, 0.1) is 24.0 Å². The maximum Gasteiger partial charge on any atom is 0.253 e. The van der Waals surface area contributed by atoms with E-state index in [4.69, 9.17) is 10.8 Å². The van der Waals surface area contributed by atoms with E-state index < -0.39 is 12.3 Å². The van der Waals surface area contributed by atoms with Crippen LogP contribution in [0, 0.1) is 0 Å². The van der Waals surface area contributed by atoms with Crippen LogP contribution in [0.1, 0.15) is 53.2 Å². The second-order valence-electron chi connectivity index (χ2n) is 9.50. The van der Waals surface area contributed by atoms with Crippen molar-refractivity contribution < 1.29 is 20.1 Å². The van der Waals surface area contributed by atoms with E-state index >= 15 is 0 Å². The Hall–Kier alpha value is -3.25. The average molecular weight is 512 g/mol. The van der Waals surface area contributed by atoms with E-state index in [9.17, 15) is 15.0 Å². The lowest BCUT2D eigenvalue weighted by Crippen LogP contribution is -2.50. The van der Waals surface area contributed by atoms with Crippen LogP contribution in [0.4, 0.5) is 11.8 Å². The van der Waals surface area contributed by atoms with Crippen molar-refractivity contribution >= 4 is 23.7 Å². The molecule has 2 aliphatic rings. The molecule has 3 heterocycles. The second kappa shape index (κ2) is 12.3. The number of unbranched alkanes of at least 4 members (excludes halogenated alkanes) is 1. The molecular formula is C26H37N7O4. The molecule has 0 radical (unpaired) electrons. The van der Waals surface area contributed by atoms with Gasteiger partial charge in [0.15, 0.2) is 6.23 Å². The highest BCUT2D eigenvalue weighted by Crippen LogP contribution is 2.33. The third-order valence-corrected chi connectivity index (χ3v) is 6.72. The number of aromatic nitrogens is 2. The van der Waals surface area contributed by atoms with Gasteiger partial charge >= 0.3 is 0 Å². The zero-order chi connectivity index (χ0) is 26.4. The summed E-state index contributed by atoms with van der Waals surface area (Å²) >= 11 is 0. The van der Waals surface area contributed by atoms with E-state index in [0.29, 0.717) is 61.9 Å². The van der Waals surface area contributed by atoms with E-state index in [0.717, 1.165) is 24.9 Å². The Morgan fingerprint density at radius 3 is 2.59 bits per heavy atom. The molecule has 11 heteroatoms. The lowest BCUT2D eigenvalue weighted by atomic mass is 10.1. The van der Waals surface area contributed by atoms with Crippen molar-refractivity contribution in [2.45, 2.75) is 38.6 Å². The van der Waals surface area contributed by atoms with Gasteiger partial charge in [-0.05, 0) is 30.2 Å². The van der Waals surface area contributed by atoms with Crippen LogP contribution in [0.25, 0.3) is 6.08 Å². The van der Waals surface area contributed by atoms with Gasteiger partial charge in [0.2, 0.25) is 5.95 Å². The topological polar surface area (TPSA) is 151 Å². The molecule has 0 aliphatic carbocycles. The quantitative estimate of drug-likeness (QED) is 0.291. The zero-order valence-electron chi connectivity index (χ0n) is 21.3. The smallest absolute Gasteiger partial charge is 0.253 e. The lowest BCUT2D eigenvalue weighted by Gasteiger charge is -2.35. The minimum Gasteiger partial charge on any atom is -0.394 e. The summed E-state index contributed by atoms with van der Waals surface area (Å²) in [4.78, 5) is 27.2. The van der Waals surface area contributed by atoms with Gasteiger partial charge in [-0.3, -0.25) is 9.69 Å². The normalized spacial score (nSPS) is 18.5. The van der Waals surface area contributed by atoms with E-state index in [1.165, 1.54) is 0 Å². The Balaban J connectivity index is 1.37. The van der Waals surface area contributed by atoms with Crippen LogP contribution in [-0.4, -0.2) is 97.9 Å². The summed E-state index contributed by atoms with van der Waals surface area (Å²) in [5.74, 6) is 0.676. The molecule has 200 valence electrons. The molecule has 1 aromatic heterocycles. The molecule has 0 saturated carbocycles. The summed E-state index contributed by atoms with van der Waals surface area (Å²) in [7, 11) is 0. The first-order valence-electron chi connectivity index (χ1n) is 12.8. The Bertz CT molecular complexity index is 1090. The SMILES string of the molecule is CCCCNc1nc(N)nc2c1C(O)N(Cc1ccc(C(=O)N3CCN(CC(O)CO)CC3)cc1)C=C2. The molecule has 2 unspecified atom stereocenters. The van der Waals surface area contributed by atoms with Crippen LogP contribution >= 0.6 is 0 Å². The van der Waals surface area contributed by atoms with Crippen molar-refractivity contribution in [2.75, 3.05) is 56.9 Å². The number of nitrogen functional groups attached to an aromatic ring is 1. The first-order chi connectivity index (χ1) is 17.9. The molecule has 1 amide bonds. The molecule has 2 aliphatic heterocycles. The van der Waals surface area contributed by atoms with Crippen LogP contribution in [0.5, 0.6) is 0 Å². The lowest BCUT2D eigenvalue weighted by molar-refractivity contribution is 0.0295. The molecule has 2 atom stereocenters. The number of anilines is 2. The van der Waals surface area contributed by atoms with Crippen LogP contribution < -0.4 is 11.1 Å². The van der Waals surface area contributed by atoms with Crippen LogP contribution in [0.2, 0.25) is 0 Å². The summed E-state index contributed by atoms with van der Waals surface area (Å²) in [6.45, 7) is 5.89. The molecule has 1 aromatic carbocycles. The van der Waals surface area contributed by atoms with Gasteiger partial charge in [-0.15, -0.1) is 0 Å². The van der Waals surface area contributed by atoms with Crippen molar-refractivity contribution in [1.82, 2.24) is 24.7 Å². The average Bonchev–Trinajstić information content (AvgIpc) is 2.90. The molecular weight excluding hydrogens is 474 g/mol. The Morgan fingerprint density at radius 2 is 1.92 bits per heavy atom. The number of nitrogens with one attached hydrogen (secondary N) is 1. The summed E-state index contributed by atoms with van der Waals surface area (Å²) in [6.07, 6.45) is 3.93. The number of rotatable bonds is 10. The molecule has 1 saturated heterocycles. The fraction of sp³-hybridized carbons (Fsp3) is 0.500. The van der Waals surface area contributed by atoms with Crippen molar-refractivity contribution in [1.29, 1.82) is 0 Å². The number of β-amino-alcohol motifs (C(OH)–C–C–N with tert-alkyl or cyclic N) is 1. The number of piperazine rings is 1. The van der Waals surface area contributed by atoms with Gasteiger partial charge < -0.3 is 36.2 Å². The van der Waals surface area contributed by atoms with Gasteiger partial charge in [-0.2, -0.15) is 4.98 Å². The molecule has 1 fully saturated rings. The molecule has 6 N–H and O–H groups in total. The minimum atomic E-state index is -0.938. The third-order valence-electron chi connectivity index (χ3n) is 6.72. The fourth-order valence-corrected chi connectivity index (χ4v) is 4.59. The largest absolute Gasteiger partial charge is 0.394 e. The highest BCUT2D eigenvalue weighted by atomic mass is 16.3. The minimum absolute atomic E-state index is 0.0294. The van der Waals surface area contributed by atoms with Gasteiger partial charge in [-0.1, -0.05) is 25.5 Å². The number of carbonyl (C=O) groups is 1. The first kappa shape index (κ1) is 26.8.